The number of aliphatic carboxylic acids is 1. The number of Topliss-reactive ketones (excluding diaryl/α,β-unsaturated/α-hetero) is 1. The molecule has 0 radical (unpaired) electrons. The van der Waals surface area contributed by atoms with Crippen LogP contribution < -0.4 is 21.7 Å². The third kappa shape index (κ3) is 13.5. The van der Waals surface area contributed by atoms with Crippen molar-refractivity contribution in [3.05, 3.63) is 0 Å². The van der Waals surface area contributed by atoms with Crippen molar-refractivity contribution >= 4 is 29.5 Å². The summed E-state index contributed by atoms with van der Waals surface area (Å²) in [6, 6.07) is -4.66. The lowest BCUT2D eigenvalue weighted by atomic mass is 9.93. The minimum Gasteiger partial charge on any atom is -0.479 e. The number of unbranched alkanes of at least 4 members (excludes halogenated alkanes) is 2. The van der Waals surface area contributed by atoms with Gasteiger partial charge in [0.25, 0.3) is 0 Å². The molecule has 15 unspecified atom stereocenters. The number of ketones is 1. The van der Waals surface area contributed by atoms with Crippen molar-refractivity contribution in [3.8, 4) is 0 Å². The van der Waals surface area contributed by atoms with Crippen LogP contribution in [-0.4, -0.2) is 242 Å². The molecule has 5 aliphatic heterocycles. The van der Waals surface area contributed by atoms with Crippen molar-refractivity contribution in [2.45, 2.75) is 208 Å². The predicted molar refractivity (Wildman–Crippen MR) is 223 cm³/mol. The zero-order chi connectivity index (χ0) is 51.2. The van der Waals surface area contributed by atoms with Crippen LogP contribution in [0, 0.1) is 0 Å². The maximum atomic E-state index is 14.0. The molecule has 396 valence electrons. The molecule has 5 heterocycles. The summed E-state index contributed by atoms with van der Waals surface area (Å²) in [5, 5.41) is 104. The Kier molecular flexibility index (Phi) is 20.5. The molecule has 5 saturated heterocycles. The first-order chi connectivity index (χ1) is 32.5. The van der Waals surface area contributed by atoms with Gasteiger partial charge in [-0.05, 0) is 46.6 Å². The van der Waals surface area contributed by atoms with Gasteiger partial charge in [-0.1, -0.05) is 0 Å². The zero-order valence-corrected chi connectivity index (χ0v) is 38.8. The number of amides is 3. The van der Waals surface area contributed by atoms with Gasteiger partial charge in [-0.3, -0.25) is 19.2 Å². The molecule has 0 spiro atoms. The van der Waals surface area contributed by atoms with Gasteiger partial charge >= 0.3 is 5.97 Å². The summed E-state index contributed by atoms with van der Waals surface area (Å²) in [5.74, 6) is -4.71. The van der Waals surface area contributed by atoms with E-state index in [0.717, 1.165) is 13.8 Å². The molecule has 24 atom stereocenters. The molecule has 14 N–H and O–H groups in total. The normalized spacial score (nSPS) is 44.0. The molecule has 0 aromatic carbocycles. The SMILES string of the molecule is CC(=O)NC1C(O[C@@H]2OC(C)[C@@H](O[C@@H]3OC(CO)[C@@H](O)C(O)C3O)C(O[C@@H]3OC(C(=O)O)[C@@H](O)C(O)C3O[C@@H]3OC(C)[C@@H](O)C(O)C3NC(C)=O)C2NC(C)=O)C(=O)C(C)O[C@H]1OCCCCCN. The van der Waals surface area contributed by atoms with Crippen molar-refractivity contribution in [1.82, 2.24) is 16.0 Å². The summed E-state index contributed by atoms with van der Waals surface area (Å²) < 4.78 is 60.4. The van der Waals surface area contributed by atoms with Crippen molar-refractivity contribution in [2.24, 2.45) is 5.73 Å². The van der Waals surface area contributed by atoms with Gasteiger partial charge in [0.05, 0.1) is 18.8 Å². The quantitative estimate of drug-likeness (QED) is 0.0535. The second-order valence-electron chi connectivity index (χ2n) is 17.6. The Morgan fingerprint density at radius 1 is 0.565 bits per heavy atom. The van der Waals surface area contributed by atoms with Gasteiger partial charge in [0.15, 0.2) is 43.3 Å². The molecule has 0 saturated carbocycles. The van der Waals surface area contributed by atoms with E-state index >= 15 is 0 Å². The summed E-state index contributed by atoms with van der Waals surface area (Å²) in [6.45, 7) is 7.08. The van der Waals surface area contributed by atoms with Crippen LogP contribution in [0.1, 0.15) is 60.8 Å². The van der Waals surface area contributed by atoms with E-state index in [4.69, 9.17) is 53.1 Å². The van der Waals surface area contributed by atoms with E-state index in [0.29, 0.717) is 25.8 Å². The van der Waals surface area contributed by atoms with E-state index in [1.165, 1.54) is 27.7 Å². The number of carboxylic acids is 1. The number of carboxylic acid groups (broad SMARTS) is 1. The standard InChI is InChI=1S/C41H68N4O24/c1-13-23(50)26(53)20(43-16(4)47)38(62-13)69-35-29(56)28(55)34(36(58)59)68-41(35)67-33-22(45-18(6)49)39(63-15(3)31(33)65-40-30(57)27(54)25(52)19(12-46)64-40)66-32-21(44-17(5)48)37(61-14(2)24(32)51)60-11-9-7-8-10-42/h13-15,19-23,25-35,37-41,46,50,52-57H,7-12,42H2,1-6H3,(H,43,47)(H,44,48)(H,45,49)(H,58,59)/t13?,14?,15?,19?,20?,21?,22?,23-,25-,26?,27?,28+,29?,30?,31-,32?,33?,34?,35?,37-,38+,39+,40+,41-/m1/s1. The fraction of sp³-hybridized carbons (Fsp3) is 0.878. The number of nitrogens with two attached hydrogens (primary N) is 1. The third-order valence-electron chi connectivity index (χ3n) is 12.3. The number of carbonyl (C=O) groups is 5. The van der Waals surface area contributed by atoms with E-state index in [1.54, 1.807) is 0 Å². The minimum atomic E-state index is -2.27. The fourth-order valence-corrected chi connectivity index (χ4v) is 8.67. The average molecular weight is 1000 g/mol. The van der Waals surface area contributed by atoms with Crippen molar-refractivity contribution in [1.29, 1.82) is 0 Å². The molecule has 5 fully saturated rings. The number of aliphatic hydroxyl groups excluding tert-OH is 8. The van der Waals surface area contributed by atoms with E-state index in [9.17, 15) is 69.9 Å². The van der Waals surface area contributed by atoms with Crippen LogP contribution in [-0.2, 0) is 71.3 Å². The zero-order valence-electron chi connectivity index (χ0n) is 38.8. The lowest BCUT2D eigenvalue weighted by Crippen LogP contribution is -2.71. The number of ether oxygens (including phenoxy) is 10. The number of nitrogens with one attached hydrogen (secondary N) is 3. The molecule has 0 bridgehead atoms. The first kappa shape index (κ1) is 56.7. The first-order valence-electron chi connectivity index (χ1n) is 22.7. The van der Waals surface area contributed by atoms with Gasteiger partial charge in [-0.15, -0.1) is 0 Å². The molecule has 28 heteroatoms. The summed E-state index contributed by atoms with van der Waals surface area (Å²) >= 11 is 0. The molecule has 69 heavy (non-hydrogen) atoms. The Labute approximate surface area is 395 Å². The van der Waals surface area contributed by atoms with Gasteiger partial charge < -0.3 is 115 Å². The largest absolute Gasteiger partial charge is 0.479 e. The summed E-state index contributed by atoms with van der Waals surface area (Å²) in [7, 11) is 0. The first-order valence-corrected chi connectivity index (χ1v) is 22.7. The van der Waals surface area contributed by atoms with Gasteiger partial charge in [-0.25, -0.2) is 4.79 Å². The molecule has 3 amide bonds. The monoisotopic (exact) mass is 1000 g/mol. The molecule has 5 aliphatic rings. The lowest BCUT2D eigenvalue weighted by Gasteiger charge is -2.51. The van der Waals surface area contributed by atoms with Crippen LogP contribution in [0.5, 0.6) is 0 Å². The van der Waals surface area contributed by atoms with Crippen LogP contribution in [0.25, 0.3) is 0 Å². The highest BCUT2D eigenvalue weighted by atomic mass is 16.8. The van der Waals surface area contributed by atoms with Gasteiger partial charge in [0.2, 0.25) is 17.7 Å². The van der Waals surface area contributed by atoms with Crippen LogP contribution in [0.3, 0.4) is 0 Å². The highest BCUT2D eigenvalue weighted by Gasteiger charge is 2.58. The summed E-state index contributed by atoms with van der Waals surface area (Å²) in [5.41, 5.74) is 5.62. The maximum Gasteiger partial charge on any atom is 0.335 e. The molecule has 0 aliphatic carbocycles. The Hall–Kier alpha value is -3.21. The molecular weight excluding hydrogens is 932 g/mol. The van der Waals surface area contributed by atoms with Gasteiger partial charge in [0, 0.05) is 27.4 Å². The van der Waals surface area contributed by atoms with Crippen molar-refractivity contribution in [2.75, 3.05) is 19.8 Å². The average Bonchev–Trinajstić information content (AvgIpc) is 3.28. The van der Waals surface area contributed by atoms with E-state index in [2.05, 4.69) is 16.0 Å². The van der Waals surface area contributed by atoms with E-state index < -0.39 is 183 Å². The molecule has 5 rings (SSSR count). The topological polar surface area (TPSA) is 422 Å². The number of hydrogen-bond donors (Lipinski definition) is 13. The summed E-state index contributed by atoms with van der Waals surface area (Å²) in [4.78, 5) is 64.6. The highest BCUT2D eigenvalue weighted by molar-refractivity contribution is 5.89. The maximum absolute atomic E-state index is 14.0. The molecular formula is C41H68N4O24. The lowest BCUT2D eigenvalue weighted by molar-refractivity contribution is -0.385. The molecule has 0 aromatic heterocycles. The van der Waals surface area contributed by atoms with Gasteiger partial charge in [0.1, 0.15) is 97.5 Å². The Morgan fingerprint density at radius 2 is 1.14 bits per heavy atom. The second kappa shape index (κ2) is 25.0. The number of hydrogen-bond acceptors (Lipinski definition) is 24. The van der Waals surface area contributed by atoms with Crippen molar-refractivity contribution < 1.29 is 117 Å². The molecule has 0 aromatic rings. The molecule has 28 nitrogen and oxygen atoms in total. The van der Waals surface area contributed by atoms with Crippen molar-refractivity contribution in [3.63, 3.8) is 0 Å². The van der Waals surface area contributed by atoms with Crippen LogP contribution >= 0.6 is 0 Å². The predicted octanol–water partition coefficient (Wildman–Crippen LogP) is -6.96. The summed E-state index contributed by atoms with van der Waals surface area (Å²) in [6.07, 6.45) is -35.6. The highest BCUT2D eigenvalue weighted by Crippen LogP contribution is 2.37. The second-order valence-corrected chi connectivity index (χ2v) is 17.6. The number of aliphatic hydroxyl groups is 8. The van der Waals surface area contributed by atoms with Crippen LogP contribution in [0.2, 0.25) is 0 Å². The van der Waals surface area contributed by atoms with E-state index in [1.807, 2.05) is 0 Å². The Balaban J connectivity index is 1.60. The van der Waals surface area contributed by atoms with Crippen LogP contribution in [0.4, 0.5) is 0 Å². The number of rotatable bonds is 19. The Morgan fingerprint density at radius 3 is 1.75 bits per heavy atom. The minimum absolute atomic E-state index is 0.116. The smallest absolute Gasteiger partial charge is 0.335 e. The van der Waals surface area contributed by atoms with E-state index in [-0.39, 0.29) is 6.61 Å². The van der Waals surface area contributed by atoms with Gasteiger partial charge in [-0.2, -0.15) is 0 Å². The fourth-order valence-electron chi connectivity index (χ4n) is 8.67. The third-order valence-corrected chi connectivity index (χ3v) is 12.3. The van der Waals surface area contributed by atoms with Crippen LogP contribution in [0.15, 0.2) is 0 Å². The Bertz CT molecular complexity index is 1740. The number of carbonyl (C=O) groups excluding carboxylic acids is 4.